The van der Waals surface area contributed by atoms with Gasteiger partial charge in [0.2, 0.25) is 0 Å². The zero-order valence-corrected chi connectivity index (χ0v) is 13.7. The quantitative estimate of drug-likeness (QED) is 0.817. The lowest BCUT2D eigenvalue weighted by atomic mass is 10.1. The molecule has 0 saturated carbocycles. The highest BCUT2D eigenvalue weighted by molar-refractivity contribution is 7.99. The molecule has 112 valence electrons. The van der Waals surface area contributed by atoms with Crippen LogP contribution in [0.5, 0.6) is 0 Å². The maximum Gasteiger partial charge on any atom is 0.0420 e. The predicted molar refractivity (Wildman–Crippen MR) is 89.6 cm³/mol. The largest absolute Gasteiger partial charge is 0.374 e. The fraction of sp³-hybridized carbons (Fsp3) is 0.625. The summed E-state index contributed by atoms with van der Waals surface area (Å²) in [5.74, 6) is 1.87. The molecule has 2 rings (SSSR count). The van der Waals surface area contributed by atoms with Crippen LogP contribution in [0.2, 0.25) is 0 Å². The van der Waals surface area contributed by atoms with E-state index in [9.17, 15) is 0 Å². The van der Waals surface area contributed by atoms with E-state index in [2.05, 4.69) is 49.0 Å². The van der Waals surface area contributed by atoms with Crippen LogP contribution in [0.3, 0.4) is 0 Å². The molecule has 0 aromatic heterocycles. The number of rotatable bonds is 6. The Kier molecular flexibility index (Phi) is 5.75. The lowest BCUT2D eigenvalue weighted by molar-refractivity contribution is 0.396. The SMILES string of the molecule is CCSc1cccc(N(C)CC2CCN(C)C2)c1CN. The molecule has 1 unspecified atom stereocenters. The van der Waals surface area contributed by atoms with Gasteiger partial charge >= 0.3 is 0 Å². The lowest BCUT2D eigenvalue weighted by Crippen LogP contribution is -2.28. The van der Waals surface area contributed by atoms with Crippen molar-refractivity contribution >= 4 is 17.4 Å². The molecule has 20 heavy (non-hydrogen) atoms. The fourth-order valence-corrected chi connectivity index (χ4v) is 3.92. The molecule has 1 heterocycles. The third-order valence-corrected chi connectivity index (χ3v) is 5.03. The Balaban J connectivity index is 2.12. The van der Waals surface area contributed by atoms with E-state index < -0.39 is 0 Å². The number of thioether (sulfide) groups is 1. The predicted octanol–water partition coefficient (Wildman–Crippen LogP) is 2.65. The van der Waals surface area contributed by atoms with Crippen LogP contribution in [0.25, 0.3) is 0 Å². The molecule has 1 fully saturated rings. The van der Waals surface area contributed by atoms with Crippen LogP contribution in [0.15, 0.2) is 23.1 Å². The van der Waals surface area contributed by atoms with E-state index in [1.165, 1.54) is 35.7 Å². The standard InChI is InChI=1S/C16H27N3S/c1-4-20-16-7-5-6-15(14(16)10-17)19(3)12-13-8-9-18(2)11-13/h5-7,13H,4,8-12,17H2,1-3H3. The molecule has 4 heteroatoms. The number of nitrogens with two attached hydrogens (primary N) is 1. The van der Waals surface area contributed by atoms with Gasteiger partial charge in [-0.2, -0.15) is 0 Å². The van der Waals surface area contributed by atoms with Crippen molar-refractivity contribution in [2.24, 2.45) is 11.7 Å². The topological polar surface area (TPSA) is 32.5 Å². The molecular formula is C16H27N3S. The summed E-state index contributed by atoms with van der Waals surface area (Å²) in [5, 5.41) is 0. The fourth-order valence-electron chi connectivity index (χ4n) is 3.07. The summed E-state index contributed by atoms with van der Waals surface area (Å²) in [6, 6.07) is 6.56. The summed E-state index contributed by atoms with van der Waals surface area (Å²) in [6.45, 7) is 6.38. The van der Waals surface area contributed by atoms with Crippen LogP contribution in [0.4, 0.5) is 5.69 Å². The molecular weight excluding hydrogens is 266 g/mol. The van der Waals surface area contributed by atoms with Gasteiger partial charge in [0.1, 0.15) is 0 Å². The van der Waals surface area contributed by atoms with E-state index in [0.717, 1.165) is 18.2 Å². The van der Waals surface area contributed by atoms with E-state index >= 15 is 0 Å². The summed E-state index contributed by atoms with van der Waals surface area (Å²) in [6.07, 6.45) is 1.31. The molecule has 0 aliphatic carbocycles. The van der Waals surface area contributed by atoms with Crippen molar-refractivity contribution in [2.45, 2.75) is 24.8 Å². The van der Waals surface area contributed by atoms with E-state index in [1.54, 1.807) is 0 Å². The number of likely N-dealkylation sites (tertiary alicyclic amines) is 1. The summed E-state index contributed by atoms with van der Waals surface area (Å²) >= 11 is 1.89. The van der Waals surface area contributed by atoms with Crippen molar-refractivity contribution in [1.29, 1.82) is 0 Å². The van der Waals surface area contributed by atoms with E-state index in [-0.39, 0.29) is 0 Å². The normalized spacial score (nSPS) is 19.5. The van der Waals surface area contributed by atoms with Crippen molar-refractivity contribution in [2.75, 3.05) is 44.4 Å². The molecule has 1 atom stereocenters. The van der Waals surface area contributed by atoms with Gasteiger partial charge in [-0.1, -0.05) is 13.0 Å². The first-order valence-corrected chi connectivity index (χ1v) is 8.48. The van der Waals surface area contributed by atoms with Crippen LogP contribution in [0.1, 0.15) is 18.9 Å². The highest BCUT2D eigenvalue weighted by atomic mass is 32.2. The Morgan fingerprint density at radius 3 is 2.85 bits per heavy atom. The molecule has 0 amide bonds. The molecule has 2 N–H and O–H groups in total. The summed E-state index contributed by atoms with van der Waals surface area (Å²) < 4.78 is 0. The van der Waals surface area contributed by atoms with Crippen LogP contribution in [-0.2, 0) is 6.54 Å². The van der Waals surface area contributed by atoms with Crippen LogP contribution in [-0.4, -0.2) is 44.4 Å². The molecule has 1 aromatic rings. The molecule has 1 aliphatic rings. The van der Waals surface area contributed by atoms with Crippen molar-refractivity contribution in [3.63, 3.8) is 0 Å². The minimum Gasteiger partial charge on any atom is -0.374 e. The Morgan fingerprint density at radius 1 is 1.45 bits per heavy atom. The lowest BCUT2D eigenvalue weighted by Gasteiger charge is -2.26. The van der Waals surface area contributed by atoms with Gasteiger partial charge in [0.05, 0.1) is 0 Å². The number of nitrogens with zero attached hydrogens (tertiary/aromatic N) is 2. The first-order chi connectivity index (χ1) is 9.65. The van der Waals surface area contributed by atoms with Gasteiger partial charge in [0, 0.05) is 42.8 Å². The molecule has 3 nitrogen and oxygen atoms in total. The van der Waals surface area contributed by atoms with Gasteiger partial charge in [-0.05, 0) is 43.8 Å². The summed E-state index contributed by atoms with van der Waals surface area (Å²) in [7, 11) is 4.41. The van der Waals surface area contributed by atoms with Crippen LogP contribution >= 0.6 is 11.8 Å². The second-order valence-corrected chi connectivity index (χ2v) is 6.99. The Labute approximate surface area is 127 Å². The van der Waals surface area contributed by atoms with E-state index in [1.807, 2.05) is 11.8 Å². The Morgan fingerprint density at radius 2 is 2.25 bits per heavy atom. The highest BCUT2D eigenvalue weighted by Gasteiger charge is 2.22. The number of hydrogen-bond acceptors (Lipinski definition) is 4. The van der Waals surface area contributed by atoms with Gasteiger partial charge in [0.15, 0.2) is 0 Å². The Bertz CT molecular complexity index is 436. The Hall–Kier alpha value is -0.710. The smallest absolute Gasteiger partial charge is 0.0420 e. The molecule has 1 aromatic carbocycles. The molecule has 0 bridgehead atoms. The maximum atomic E-state index is 6.00. The van der Waals surface area contributed by atoms with Crippen molar-refractivity contribution < 1.29 is 0 Å². The van der Waals surface area contributed by atoms with Crippen LogP contribution < -0.4 is 10.6 Å². The highest BCUT2D eigenvalue weighted by Crippen LogP contribution is 2.31. The number of hydrogen-bond donors (Lipinski definition) is 1. The maximum absolute atomic E-state index is 6.00. The molecule has 0 radical (unpaired) electrons. The van der Waals surface area contributed by atoms with Crippen molar-refractivity contribution in [3.05, 3.63) is 23.8 Å². The average molecular weight is 293 g/mol. The first-order valence-electron chi connectivity index (χ1n) is 7.50. The minimum atomic E-state index is 0.618. The van der Waals surface area contributed by atoms with Crippen molar-refractivity contribution in [1.82, 2.24) is 4.90 Å². The second-order valence-electron chi connectivity index (χ2n) is 5.69. The van der Waals surface area contributed by atoms with Gasteiger partial charge in [-0.25, -0.2) is 0 Å². The minimum absolute atomic E-state index is 0.618. The third kappa shape index (κ3) is 3.68. The molecule has 1 saturated heterocycles. The van der Waals surface area contributed by atoms with Gasteiger partial charge in [-0.15, -0.1) is 11.8 Å². The summed E-state index contributed by atoms with van der Waals surface area (Å²) in [5.41, 5.74) is 8.61. The van der Waals surface area contributed by atoms with Crippen LogP contribution in [0, 0.1) is 5.92 Å². The molecule has 1 aliphatic heterocycles. The number of anilines is 1. The first kappa shape index (κ1) is 15.7. The molecule has 0 spiro atoms. The summed E-state index contributed by atoms with van der Waals surface area (Å²) in [4.78, 5) is 6.15. The average Bonchev–Trinajstić information content (AvgIpc) is 2.84. The van der Waals surface area contributed by atoms with E-state index in [0.29, 0.717) is 6.54 Å². The van der Waals surface area contributed by atoms with Gasteiger partial charge < -0.3 is 15.5 Å². The third-order valence-electron chi connectivity index (χ3n) is 4.04. The second kappa shape index (κ2) is 7.34. The van der Waals surface area contributed by atoms with Gasteiger partial charge in [-0.3, -0.25) is 0 Å². The van der Waals surface area contributed by atoms with Gasteiger partial charge in [0.25, 0.3) is 0 Å². The number of benzene rings is 1. The monoisotopic (exact) mass is 293 g/mol. The zero-order chi connectivity index (χ0) is 14.5. The zero-order valence-electron chi connectivity index (χ0n) is 12.9. The van der Waals surface area contributed by atoms with Crippen molar-refractivity contribution in [3.8, 4) is 0 Å². The van der Waals surface area contributed by atoms with E-state index in [4.69, 9.17) is 5.73 Å².